The summed E-state index contributed by atoms with van der Waals surface area (Å²) in [6.45, 7) is 7.32. The van der Waals surface area contributed by atoms with E-state index in [0.717, 1.165) is 12.2 Å². The van der Waals surface area contributed by atoms with Crippen molar-refractivity contribution in [2.45, 2.75) is 31.3 Å². The number of carbonyl (C=O) groups is 1. The molecule has 3 rings (SSSR count). The highest BCUT2D eigenvalue weighted by atomic mass is 32.2. The van der Waals surface area contributed by atoms with Crippen molar-refractivity contribution < 1.29 is 13.9 Å². The third-order valence-corrected chi connectivity index (χ3v) is 5.48. The minimum absolute atomic E-state index is 0.0273. The number of thioether (sulfide) groups is 1. The van der Waals surface area contributed by atoms with E-state index in [-0.39, 0.29) is 23.3 Å². The van der Waals surface area contributed by atoms with Gasteiger partial charge < -0.3 is 15.0 Å². The van der Waals surface area contributed by atoms with E-state index >= 15 is 0 Å². The number of H-pyrrole nitrogens is 1. The van der Waals surface area contributed by atoms with Crippen LogP contribution in [-0.4, -0.2) is 28.3 Å². The van der Waals surface area contributed by atoms with Gasteiger partial charge in [0, 0.05) is 11.4 Å². The summed E-state index contributed by atoms with van der Waals surface area (Å²) in [6, 6.07) is 5.84. The number of esters is 1. The number of hydrogen-bond donors (Lipinski definition) is 2. The van der Waals surface area contributed by atoms with Gasteiger partial charge in [-0.2, -0.15) is 0 Å². The number of halogens is 1. The van der Waals surface area contributed by atoms with Gasteiger partial charge in [-0.1, -0.05) is 43.5 Å². The SMILES string of the molecule is C=CCOC(=O)C1=C(C)Nc2nc(SCCC)[nH]c(=O)c2C1c1cccc(F)c1. The first-order chi connectivity index (χ1) is 14.0. The van der Waals surface area contributed by atoms with Gasteiger partial charge in [-0.3, -0.25) is 4.79 Å². The van der Waals surface area contributed by atoms with E-state index in [1.54, 1.807) is 19.1 Å². The minimum atomic E-state index is -0.805. The second kappa shape index (κ2) is 9.09. The highest BCUT2D eigenvalue weighted by Crippen LogP contribution is 2.40. The van der Waals surface area contributed by atoms with Crippen LogP contribution in [0.5, 0.6) is 0 Å². The number of allylic oxidation sites excluding steroid dienone is 1. The first-order valence-electron chi connectivity index (χ1n) is 9.24. The average molecular weight is 415 g/mol. The predicted molar refractivity (Wildman–Crippen MR) is 112 cm³/mol. The molecule has 0 fully saturated rings. The molecule has 0 aliphatic carbocycles. The molecule has 0 amide bonds. The lowest BCUT2D eigenvalue weighted by atomic mass is 9.82. The third-order valence-electron chi connectivity index (χ3n) is 4.40. The van der Waals surface area contributed by atoms with E-state index in [2.05, 4.69) is 21.9 Å². The number of aromatic amines is 1. The number of anilines is 1. The number of ether oxygens (including phenoxy) is 1. The molecule has 2 N–H and O–H groups in total. The zero-order valence-corrected chi connectivity index (χ0v) is 17.1. The molecule has 0 radical (unpaired) electrons. The van der Waals surface area contributed by atoms with Gasteiger partial charge in [-0.15, -0.1) is 0 Å². The van der Waals surface area contributed by atoms with Gasteiger partial charge in [0.05, 0.1) is 17.1 Å². The fourth-order valence-corrected chi connectivity index (χ4v) is 3.92. The van der Waals surface area contributed by atoms with Crippen LogP contribution in [0.15, 0.2) is 58.1 Å². The summed E-state index contributed by atoms with van der Waals surface area (Å²) >= 11 is 1.44. The van der Waals surface area contributed by atoms with Crippen molar-refractivity contribution in [1.29, 1.82) is 0 Å². The molecule has 1 unspecified atom stereocenters. The summed E-state index contributed by atoms with van der Waals surface area (Å²) in [4.78, 5) is 33.0. The quantitative estimate of drug-likeness (QED) is 0.308. The standard InChI is InChI=1S/C21H22FN3O3S/c1-4-9-28-20(27)15-12(3)23-18-17(16(15)13-7-6-8-14(22)11-13)19(26)25-21(24-18)29-10-5-2/h4,6-8,11,16H,1,5,9-10H2,2-3H3,(H2,23,24,25,26). The van der Waals surface area contributed by atoms with E-state index in [9.17, 15) is 14.0 Å². The fourth-order valence-electron chi connectivity index (χ4n) is 3.20. The number of rotatable bonds is 7. The lowest BCUT2D eigenvalue weighted by molar-refractivity contribution is -0.138. The van der Waals surface area contributed by atoms with Crippen molar-refractivity contribution >= 4 is 23.5 Å². The van der Waals surface area contributed by atoms with Crippen molar-refractivity contribution in [3.05, 3.63) is 75.5 Å². The van der Waals surface area contributed by atoms with Crippen LogP contribution >= 0.6 is 11.8 Å². The van der Waals surface area contributed by atoms with Crippen LogP contribution in [0.2, 0.25) is 0 Å². The molecular formula is C21H22FN3O3S. The Morgan fingerprint density at radius 1 is 1.45 bits per heavy atom. The largest absolute Gasteiger partial charge is 0.458 e. The van der Waals surface area contributed by atoms with E-state index < -0.39 is 17.7 Å². The second-order valence-corrected chi connectivity index (χ2v) is 7.60. The molecule has 1 aliphatic heterocycles. The molecule has 1 aliphatic rings. The highest BCUT2D eigenvalue weighted by molar-refractivity contribution is 7.99. The molecule has 2 heterocycles. The molecule has 6 nitrogen and oxygen atoms in total. The molecule has 29 heavy (non-hydrogen) atoms. The van der Waals surface area contributed by atoms with E-state index in [4.69, 9.17) is 4.74 Å². The van der Waals surface area contributed by atoms with Gasteiger partial charge in [0.2, 0.25) is 0 Å². The van der Waals surface area contributed by atoms with Gasteiger partial charge in [-0.05, 0) is 31.0 Å². The third kappa shape index (κ3) is 4.42. The van der Waals surface area contributed by atoms with Gasteiger partial charge in [-0.25, -0.2) is 14.2 Å². The van der Waals surface area contributed by atoms with Crippen molar-refractivity contribution in [2.75, 3.05) is 17.7 Å². The molecule has 1 atom stereocenters. The van der Waals surface area contributed by atoms with E-state index in [1.807, 2.05) is 6.92 Å². The first kappa shape index (κ1) is 20.9. The Kier molecular flexibility index (Phi) is 6.53. The van der Waals surface area contributed by atoms with E-state index in [0.29, 0.717) is 22.2 Å². The number of nitrogens with one attached hydrogen (secondary N) is 2. The number of hydrogen-bond acceptors (Lipinski definition) is 6. The molecule has 0 bridgehead atoms. The molecule has 0 saturated carbocycles. The maximum absolute atomic E-state index is 14.0. The summed E-state index contributed by atoms with van der Waals surface area (Å²) in [6.07, 6.45) is 2.39. The van der Waals surface area contributed by atoms with Crippen molar-refractivity contribution in [1.82, 2.24) is 9.97 Å². The van der Waals surface area contributed by atoms with Crippen molar-refractivity contribution in [2.24, 2.45) is 0 Å². The van der Waals surface area contributed by atoms with Crippen LogP contribution in [0.25, 0.3) is 0 Å². The smallest absolute Gasteiger partial charge is 0.337 e. The number of aromatic nitrogens is 2. The number of benzene rings is 1. The Labute approximate surface area is 172 Å². The van der Waals surface area contributed by atoms with Gasteiger partial charge >= 0.3 is 5.97 Å². The topological polar surface area (TPSA) is 84.1 Å². The number of nitrogens with zero attached hydrogens (tertiary/aromatic N) is 1. The molecule has 0 spiro atoms. The summed E-state index contributed by atoms with van der Waals surface area (Å²) < 4.78 is 19.2. The van der Waals surface area contributed by atoms with Crippen molar-refractivity contribution in [3.8, 4) is 0 Å². The fraction of sp³-hybridized carbons (Fsp3) is 0.286. The van der Waals surface area contributed by atoms with Crippen LogP contribution in [0, 0.1) is 5.82 Å². The van der Waals surface area contributed by atoms with Crippen LogP contribution in [-0.2, 0) is 9.53 Å². The summed E-state index contributed by atoms with van der Waals surface area (Å²) in [5, 5.41) is 3.55. The molecule has 2 aromatic rings. The Balaban J connectivity index is 2.17. The molecule has 152 valence electrons. The van der Waals surface area contributed by atoms with Crippen molar-refractivity contribution in [3.63, 3.8) is 0 Å². The minimum Gasteiger partial charge on any atom is -0.458 e. The summed E-state index contributed by atoms with van der Waals surface area (Å²) in [7, 11) is 0. The lowest BCUT2D eigenvalue weighted by Gasteiger charge is -2.28. The summed E-state index contributed by atoms with van der Waals surface area (Å²) in [5.74, 6) is -0.694. The Morgan fingerprint density at radius 3 is 2.93 bits per heavy atom. The molecule has 1 aromatic heterocycles. The maximum atomic E-state index is 14.0. The van der Waals surface area contributed by atoms with Crippen LogP contribution < -0.4 is 10.9 Å². The van der Waals surface area contributed by atoms with Gasteiger partial charge in [0.15, 0.2) is 5.16 Å². The number of fused-ring (bicyclic) bond motifs is 1. The zero-order chi connectivity index (χ0) is 21.0. The van der Waals surface area contributed by atoms with Crippen LogP contribution in [0.3, 0.4) is 0 Å². The zero-order valence-electron chi connectivity index (χ0n) is 16.3. The van der Waals surface area contributed by atoms with Gasteiger partial charge in [0.1, 0.15) is 18.2 Å². The molecule has 0 saturated heterocycles. The van der Waals surface area contributed by atoms with Crippen LogP contribution in [0.1, 0.15) is 37.3 Å². The molecular weight excluding hydrogens is 393 g/mol. The second-order valence-electron chi connectivity index (χ2n) is 6.52. The molecule has 1 aromatic carbocycles. The van der Waals surface area contributed by atoms with Crippen LogP contribution in [0.4, 0.5) is 10.2 Å². The van der Waals surface area contributed by atoms with E-state index in [1.165, 1.54) is 30.0 Å². The normalized spacial score (nSPS) is 15.5. The summed E-state index contributed by atoms with van der Waals surface area (Å²) in [5.41, 5.74) is 1.10. The maximum Gasteiger partial charge on any atom is 0.337 e. The Hall–Kier alpha value is -2.87. The Bertz CT molecular complexity index is 1030. The monoisotopic (exact) mass is 415 g/mol. The predicted octanol–water partition coefficient (Wildman–Crippen LogP) is 3.97. The molecule has 8 heteroatoms. The first-order valence-corrected chi connectivity index (χ1v) is 10.2. The Morgan fingerprint density at radius 2 is 2.24 bits per heavy atom. The average Bonchev–Trinajstić information content (AvgIpc) is 2.69. The lowest BCUT2D eigenvalue weighted by Crippen LogP contribution is -2.31. The number of carbonyl (C=O) groups excluding carboxylic acids is 1. The van der Waals surface area contributed by atoms with Gasteiger partial charge in [0.25, 0.3) is 5.56 Å². The highest BCUT2D eigenvalue weighted by Gasteiger charge is 2.36.